The molecule has 0 bridgehead atoms. The van der Waals surface area contributed by atoms with Crippen LogP contribution in [0.3, 0.4) is 0 Å². The Bertz CT molecular complexity index is 1110. The van der Waals surface area contributed by atoms with Crippen LogP contribution >= 0.6 is 0 Å². The summed E-state index contributed by atoms with van der Waals surface area (Å²) < 4.78 is 9.82. The fourth-order valence-corrected chi connectivity index (χ4v) is 3.94. The summed E-state index contributed by atoms with van der Waals surface area (Å²) in [6.07, 6.45) is 1.63. The van der Waals surface area contributed by atoms with Gasteiger partial charge in [-0.25, -0.2) is 9.78 Å². The number of benzene rings is 1. The Morgan fingerprint density at radius 1 is 1.10 bits per heavy atom. The monoisotopic (exact) mass is 412 g/mol. The van der Waals surface area contributed by atoms with Gasteiger partial charge in [-0.15, -0.1) is 0 Å². The van der Waals surface area contributed by atoms with E-state index in [9.17, 15) is 9.59 Å². The van der Waals surface area contributed by atoms with Gasteiger partial charge in [0, 0.05) is 52.9 Å². The van der Waals surface area contributed by atoms with Crippen molar-refractivity contribution >= 4 is 11.2 Å². The van der Waals surface area contributed by atoms with Crippen molar-refractivity contribution in [1.82, 2.24) is 28.9 Å². The summed E-state index contributed by atoms with van der Waals surface area (Å²) >= 11 is 0. The lowest BCUT2D eigenvalue weighted by Crippen LogP contribution is -2.42. The van der Waals surface area contributed by atoms with Crippen LogP contribution in [0.5, 0.6) is 0 Å². The average Bonchev–Trinajstić information content (AvgIpc) is 3.21. The molecule has 1 N–H and O–H groups in total. The Morgan fingerprint density at radius 2 is 1.83 bits per heavy atom. The molecule has 1 saturated heterocycles. The zero-order chi connectivity index (χ0) is 21.1. The van der Waals surface area contributed by atoms with Crippen LogP contribution < -0.4 is 16.6 Å². The second-order valence-corrected chi connectivity index (χ2v) is 7.65. The lowest BCUT2D eigenvalue weighted by atomic mass is 10.1. The van der Waals surface area contributed by atoms with E-state index in [1.807, 2.05) is 10.6 Å². The Kier molecular flexibility index (Phi) is 6.12. The molecule has 1 atom stereocenters. The molecular weight excluding hydrogens is 384 g/mol. The number of aromatic nitrogens is 4. The van der Waals surface area contributed by atoms with Gasteiger partial charge in [-0.05, 0) is 5.56 Å². The van der Waals surface area contributed by atoms with Crippen LogP contribution in [0.2, 0.25) is 0 Å². The maximum absolute atomic E-state index is 12.6. The van der Waals surface area contributed by atoms with Gasteiger partial charge in [0.25, 0.3) is 5.56 Å². The molecule has 1 unspecified atom stereocenters. The third-order valence-corrected chi connectivity index (χ3v) is 5.71. The fraction of sp³-hybridized carbons (Fsp3) is 0.476. The molecule has 0 spiro atoms. The van der Waals surface area contributed by atoms with E-state index in [0.29, 0.717) is 24.3 Å². The van der Waals surface area contributed by atoms with Crippen molar-refractivity contribution in [1.29, 1.82) is 0 Å². The minimum absolute atomic E-state index is 0.172. The second kappa shape index (κ2) is 8.95. The summed E-state index contributed by atoms with van der Waals surface area (Å²) in [5.41, 5.74) is 1.41. The van der Waals surface area contributed by atoms with Gasteiger partial charge in [-0.1, -0.05) is 30.3 Å². The number of hydrogen-bond acceptors (Lipinski definition) is 6. The molecule has 0 aliphatic carbocycles. The Hall–Kier alpha value is -2.75. The summed E-state index contributed by atoms with van der Waals surface area (Å²) in [6.45, 7) is 5.55. The summed E-state index contributed by atoms with van der Waals surface area (Å²) in [5, 5.41) is 3.64. The molecule has 1 aliphatic heterocycles. The topological polar surface area (TPSA) is 86.3 Å². The van der Waals surface area contributed by atoms with Gasteiger partial charge >= 0.3 is 5.69 Å². The molecule has 1 fully saturated rings. The van der Waals surface area contributed by atoms with Gasteiger partial charge < -0.3 is 14.6 Å². The van der Waals surface area contributed by atoms with E-state index in [1.165, 1.54) is 17.2 Å². The Balaban J connectivity index is 1.50. The summed E-state index contributed by atoms with van der Waals surface area (Å²) in [6, 6.07) is 10.6. The highest BCUT2D eigenvalue weighted by molar-refractivity contribution is 5.69. The predicted octanol–water partition coefficient (Wildman–Crippen LogP) is 0.0968. The molecule has 3 aromatic rings. The van der Waals surface area contributed by atoms with Gasteiger partial charge in [0.1, 0.15) is 0 Å². The largest absolute Gasteiger partial charge is 0.379 e. The highest BCUT2D eigenvalue weighted by Gasteiger charge is 2.19. The first kappa shape index (κ1) is 20.5. The van der Waals surface area contributed by atoms with Crippen LogP contribution in [0.4, 0.5) is 0 Å². The number of hydrogen-bond donors (Lipinski definition) is 1. The first-order valence-electron chi connectivity index (χ1n) is 10.3. The van der Waals surface area contributed by atoms with Crippen LogP contribution in [0, 0.1) is 0 Å². The first-order chi connectivity index (χ1) is 14.6. The van der Waals surface area contributed by atoms with Gasteiger partial charge in [0.05, 0.1) is 19.5 Å². The third-order valence-electron chi connectivity index (χ3n) is 5.71. The number of imidazole rings is 1. The van der Waals surface area contributed by atoms with Crippen molar-refractivity contribution in [2.75, 3.05) is 39.4 Å². The molecule has 0 saturated carbocycles. The van der Waals surface area contributed by atoms with E-state index in [2.05, 4.69) is 39.5 Å². The SMILES string of the molecule is Cn1c(=O)c2c(ncn2CCNC(CN2CCOCC2)c2ccccc2)n(C)c1=O. The maximum Gasteiger partial charge on any atom is 0.332 e. The van der Waals surface area contributed by atoms with Crippen LogP contribution in [-0.4, -0.2) is 63.0 Å². The molecule has 9 heteroatoms. The molecule has 0 radical (unpaired) electrons. The average molecular weight is 412 g/mol. The molecule has 3 heterocycles. The van der Waals surface area contributed by atoms with E-state index in [-0.39, 0.29) is 17.3 Å². The van der Waals surface area contributed by atoms with E-state index in [4.69, 9.17) is 4.74 Å². The van der Waals surface area contributed by atoms with Crippen molar-refractivity contribution in [3.63, 3.8) is 0 Å². The number of nitrogens with one attached hydrogen (secondary N) is 1. The fourth-order valence-electron chi connectivity index (χ4n) is 3.94. The van der Waals surface area contributed by atoms with Crippen LogP contribution in [0.15, 0.2) is 46.2 Å². The van der Waals surface area contributed by atoms with Gasteiger partial charge in [0.2, 0.25) is 0 Å². The number of aryl methyl sites for hydroxylation is 1. The normalized spacial score (nSPS) is 16.2. The molecule has 0 amide bonds. The maximum atomic E-state index is 12.6. The van der Waals surface area contributed by atoms with E-state index in [0.717, 1.165) is 37.4 Å². The Morgan fingerprint density at radius 3 is 2.57 bits per heavy atom. The summed E-state index contributed by atoms with van der Waals surface area (Å²) in [5.74, 6) is 0. The number of fused-ring (bicyclic) bond motifs is 1. The standard InChI is InChI=1S/C21H28N6O3/c1-24-19-18(20(28)25(2)21(24)29)27(15-23-19)9-8-22-17(16-6-4-3-5-7-16)14-26-10-12-30-13-11-26/h3-7,15,17,22H,8-14H2,1-2H3. The van der Waals surface area contributed by atoms with E-state index >= 15 is 0 Å². The number of nitrogens with zero attached hydrogens (tertiary/aromatic N) is 5. The lowest BCUT2D eigenvalue weighted by molar-refractivity contribution is 0.0334. The van der Waals surface area contributed by atoms with Crippen molar-refractivity contribution in [3.05, 3.63) is 63.1 Å². The van der Waals surface area contributed by atoms with Crippen LogP contribution in [0.1, 0.15) is 11.6 Å². The Labute approximate surface area is 174 Å². The highest BCUT2D eigenvalue weighted by Crippen LogP contribution is 2.15. The molecule has 2 aromatic heterocycles. The van der Waals surface area contributed by atoms with Gasteiger partial charge in [-0.2, -0.15) is 0 Å². The molecule has 1 aromatic carbocycles. The summed E-state index contributed by atoms with van der Waals surface area (Å²) in [4.78, 5) is 31.4. The highest BCUT2D eigenvalue weighted by atomic mass is 16.5. The second-order valence-electron chi connectivity index (χ2n) is 7.65. The number of morpholine rings is 1. The van der Waals surface area contributed by atoms with Gasteiger partial charge in [0.15, 0.2) is 11.2 Å². The number of ether oxygens (including phenoxy) is 1. The molecule has 1 aliphatic rings. The molecule has 9 nitrogen and oxygen atoms in total. The van der Waals surface area contributed by atoms with E-state index < -0.39 is 0 Å². The minimum atomic E-state index is -0.370. The zero-order valence-electron chi connectivity index (χ0n) is 17.5. The number of rotatable bonds is 7. The van der Waals surface area contributed by atoms with E-state index in [1.54, 1.807) is 13.4 Å². The van der Waals surface area contributed by atoms with Crippen molar-refractivity contribution in [3.8, 4) is 0 Å². The van der Waals surface area contributed by atoms with Gasteiger partial charge in [-0.3, -0.25) is 18.8 Å². The lowest BCUT2D eigenvalue weighted by Gasteiger charge is -2.31. The smallest absolute Gasteiger partial charge is 0.332 e. The molecule has 160 valence electrons. The minimum Gasteiger partial charge on any atom is -0.379 e. The molecule has 30 heavy (non-hydrogen) atoms. The van der Waals surface area contributed by atoms with Crippen LogP contribution in [0.25, 0.3) is 11.2 Å². The quantitative estimate of drug-likeness (QED) is 0.592. The third kappa shape index (κ3) is 4.09. The molecular formula is C21H28N6O3. The van der Waals surface area contributed by atoms with Crippen LogP contribution in [-0.2, 0) is 25.4 Å². The molecule has 4 rings (SSSR count). The van der Waals surface area contributed by atoms with Crippen molar-refractivity contribution in [2.45, 2.75) is 12.6 Å². The zero-order valence-corrected chi connectivity index (χ0v) is 17.5. The predicted molar refractivity (Wildman–Crippen MR) is 115 cm³/mol. The summed E-state index contributed by atoms with van der Waals surface area (Å²) in [7, 11) is 3.13. The van der Waals surface area contributed by atoms with Crippen molar-refractivity contribution < 1.29 is 4.74 Å². The van der Waals surface area contributed by atoms with Crippen molar-refractivity contribution in [2.24, 2.45) is 14.1 Å². The first-order valence-corrected chi connectivity index (χ1v) is 10.3.